The first-order chi connectivity index (χ1) is 4.83. The average Bonchev–Trinajstić information content (AvgIpc) is 2.71. The Hall–Kier alpha value is -0.0800. The predicted octanol–water partition coefficient (Wildman–Crippen LogP) is 1.10. The molecular formula is C8H17NO. The molecule has 0 heterocycles. The highest BCUT2D eigenvalue weighted by Gasteiger charge is 2.20. The van der Waals surface area contributed by atoms with Crippen LogP contribution in [0.15, 0.2) is 0 Å². The van der Waals surface area contributed by atoms with Crippen molar-refractivity contribution in [2.24, 2.45) is 5.92 Å². The van der Waals surface area contributed by atoms with Crippen LogP contribution in [0.1, 0.15) is 32.6 Å². The minimum absolute atomic E-state index is 0.279. The van der Waals surface area contributed by atoms with Gasteiger partial charge in [-0.2, -0.15) is 0 Å². The summed E-state index contributed by atoms with van der Waals surface area (Å²) in [5, 5.41) is 12.1. The topological polar surface area (TPSA) is 32.3 Å². The van der Waals surface area contributed by atoms with Crippen LogP contribution in [0.3, 0.4) is 0 Å². The maximum absolute atomic E-state index is 9.08. The lowest BCUT2D eigenvalue weighted by atomic mass is 10.3. The molecule has 0 saturated heterocycles. The van der Waals surface area contributed by atoms with E-state index in [1.807, 2.05) is 6.92 Å². The van der Waals surface area contributed by atoms with E-state index in [1.165, 1.54) is 19.3 Å². The zero-order valence-corrected chi connectivity index (χ0v) is 6.64. The summed E-state index contributed by atoms with van der Waals surface area (Å²) in [6.07, 6.45) is 4.59. The summed E-state index contributed by atoms with van der Waals surface area (Å²) in [6, 6.07) is 0. The molecule has 0 spiro atoms. The summed E-state index contributed by atoms with van der Waals surface area (Å²) >= 11 is 0. The lowest BCUT2D eigenvalue weighted by Crippen LogP contribution is -2.28. The highest BCUT2D eigenvalue weighted by Crippen LogP contribution is 2.31. The van der Waals surface area contributed by atoms with E-state index < -0.39 is 0 Å². The molecule has 0 bridgehead atoms. The van der Waals surface area contributed by atoms with Crippen LogP contribution < -0.4 is 5.32 Å². The van der Waals surface area contributed by atoms with Gasteiger partial charge in [0.15, 0.2) is 0 Å². The molecule has 0 radical (unpaired) electrons. The zero-order chi connectivity index (χ0) is 7.40. The average molecular weight is 143 g/mol. The summed E-state index contributed by atoms with van der Waals surface area (Å²) in [7, 11) is 0. The van der Waals surface area contributed by atoms with Crippen molar-refractivity contribution in [2.75, 3.05) is 6.54 Å². The van der Waals surface area contributed by atoms with Crippen LogP contribution >= 0.6 is 0 Å². The summed E-state index contributed by atoms with van der Waals surface area (Å²) < 4.78 is 0. The Kier molecular flexibility index (Phi) is 3.16. The van der Waals surface area contributed by atoms with E-state index in [0.29, 0.717) is 0 Å². The van der Waals surface area contributed by atoms with Gasteiger partial charge in [0.2, 0.25) is 0 Å². The minimum Gasteiger partial charge on any atom is -0.379 e. The van der Waals surface area contributed by atoms with Crippen molar-refractivity contribution in [3.8, 4) is 0 Å². The quantitative estimate of drug-likeness (QED) is 0.565. The summed E-state index contributed by atoms with van der Waals surface area (Å²) in [5.74, 6) is 0.969. The molecule has 0 aromatic rings. The van der Waals surface area contributed by atoms with E-state index >= 15 is 0 Å². The molecule has 2 N–H and O–H groups in total. The monoisotopic (exact) mass is 143 g/mol. The number of rotatable bonds is 5. The maximum atomic E-state index is 9.08. The Morgan fingerprint density at radius 3 is 2.80 bits per heavy atom. The first kappa shape index (κ1) is 8.02. The van der Waals surface area contributed by atoms with Gasteiger partial charge in [0.25, 0.3) is 0 Å². The summed E-state index contributed by atoms with van der Waals surface area (Å²) in [6.45, 7) is 2.97. The second-order valence-corrected chi connectivity index (χ2v) is 3.11. The Morgan fingerprint density at radius 1 is 1.60 bits per heavy atom. The molecular weight excluding hydrogens is 126 g/mol. The molecule has 0 amide bonds. The second kappa shape index (κ2) is 3.94. The van der Waals surface area contributed by atoms with Crippen molar-refractivity contribution >= 4 is 0 Å². The first-order valence-corrected chi connectivity index (χ1v) is 4.24. The third kappa shape index (κ3) is 3.18. The lowest BCUT2D eigenvalue weighted by Gasteiger charge is -2.08. The molecule has 0 aliphatic heterocycles. The van der Waals surface area contributed by atoms with Crippen LogP contribution in [0.4, 0.5) is 0 Å². The zero-order valence-electron chi connectivity index (χ0n) is 6.64. The fraction of sp³-hybridized carbons (Fsp3) is 1.00. The minimum atomic E-state index is -0.279. The van der Waals surface area contributed by atoms with Gasteiger partial charge in [0, 0.05) is 0 Å². The van der Waals surface area contributed by atoms with Gasteiger partial charge in [0.05, 0.1) is 0 Å². The molecule has 0 aromatic carbocycles. The van der Waals surface area contributed by atoms with E-state index in [-0.39, 0.29) is 6.23 Å². The van der Waals surface area contributed by atoms with Crippen molar-refractivity contribution in [2.45, 2.75) is 38.8 Å². The molecule has 60 valence electrons. The van der Waals surface area contributed by atoms with Gasteiger partial charge in [-0.05, 0) is 25.3 Å². The van der Waals surface area contributed by atoms with Crippen LogP contribution in [0.25, 0.3) is 0 Å². The standard InChI is InChI=1S/C8H17NO/c1-2-8(10)9-6-5-7-3-4-7/h7-10H,2-6H2,1H3/t8-/m0/s1. The normalized spacial score (nSPS) is 21.0. The van der Waals surface area contributed by atoms with Crippen LogP contribution in [0.5, 0.6) is 0 Å². The molecule has 1 atom stereocenters. The van der Waals surface area contributed by atoms with Crippen molar-refractivity contribution in [3.05, 3.63) is 0 Å². The van der Waals surface area contributed by atoms with Crippen molar-refractivity contribution < 1.29 is 5.11 Å². The van der Waals surface area contributed by atoms with Crippen molar-refractivity contribution in [1.82, 2.24) is 5.32 Å². The number of nitrogens with one attached hydrogen (secondary N) is 1. The number of hydrogen-bond acceptors (Lipinski definition) is 2. The fourth-order valence-electron chi connectivity index (χ4n) is 1.00. The smallest absolute Gasteiger partial charge is 0.104 e. The van der Waals surface area contributed by atoms with Gasteiger partial charge in [-0.1, -0.05) is 19.8 Å². The third-order valence-electron chi connectivity index (χ3n) is 2.02. The third-order valence-corrected chi connectivity index (χ3v) is 2.02. The van der Waals surface area contributed by atoms with E-state index in [0.717, 1.165) is 18.9 Å². The number of aliphatic hydroxyl groups excluding tert-OH is 1. The molecule has 2 nitrogen and oxygen atoms in total. The molecule has 1 fully saturated rings. The van der Waals surface area contributed by atoms with Gasteiger partial charge in [-0.3, -0.25) is 5.32 Å². The molecule has 1 aliphatic carbocycles. The van der Waals surface area contributed by atoms with Crippen LogP contribution in [0, 0.1) is 5.92 Å². The number of aliphatic hydroxyl groups is 1. The van der Waals surface area contributed by atoms with E-state index in [9.17, 15) is 0 Å². The van der Waals surface area contributed by atoms with Crippen LogP contribution in [0.2, 0.25) is 0 Å². The summed E-state index contributed by atoms with van der Waals surface area (Å²) in [5.41, 5.74) is 0. The van der Waals surface area contributed by atoms with Gasteiger partial charge in [0.1, 0.15) is 6.23 Å². The van der Waals surface area contributed by atoms with E-state index in [1.54, 1.807) is 0 Å². The van der Waals surface area contributed by atoms with Gasteiger partial charge >= 0.3 is 0 Å². The molecule has 0 unspecified atom stereocenters. The molecule has 1 rings (SSSR count). The molecule has 10 heavy (non-hydrogen) atoms. The Labute approximate surface area is 62.6 Å². The Bertz CT molecular complexity index is 91.3. The van der Waals surface area contributed by atoms with E-state index in [2.05, 4.69) is 5.32 Å². The highest BCUT2D eigenvalue weighted by molar-refractivity contribution is 4.73. The maximum Gasteiger partial charge on any atom is 0.104 e. The van der Waals surface area contributed by atoms with Crippen molar-refractivity contribution in [1.29, 1.82) is 0 Å². The lowest BCUT2D eigenvalue weighted by molar-refractivity contribution is 0.132. The molecule has 1 aliphatic rings. The summed E-state index contributed by atoms with van der Waals surface area (Å²) in [4.78, 5) is 0. The predicted molar refractivity (Wildman–Crippen MR) is 41.6 cm³/mol. The second-order valence-electron chi connectivity index (χ2n) is 3.11. The largest absolute Gasteiger partial charge is 0.379 e. The molecule has 0 aromatic heterocycles. The SMILES string of the molecule is CC[C@H](O)NCCC1CC1. The fourth-order valence-corrected chi connectivity index (χ4v) is 1.00. The van der Waals surface area contributed by atoms with Crippen molar-refractivity contribution in [3.63, 3.8) is 0 Å². The Morgan fingerprint density at radius 2 is 2.30 bits per heavy atom. The highest BCUT2D eigenvalue weighted by atomic mass is 16.3. The van der Waals surface area contributed by atoms with Gasteiger partial charge < -0.3 is 5.11 Å². The molecule has 1 saturated carbocycles. The van der Waals surface area contributed by atoms with Crippen LogP contribution in [-0.4, -0.2) is 17.9 Å². The number of hydrogen-bond donors (Lipinski definition) is 2. The van der Waals surface area contributed by atoms with E-state index in [4.69, 9.17) is 5.11 Å². The first-order valence-electron chi connectivity index (χ1n) is 4.24. The Balaban J connectivity index is 1.83. The molecule has 2 heteroatoms. The van der Waals surface area contributed by atoms with Gasteiger partial charge in [-0.15, -0.1) is 0 Å². The van der Waals surface area contributed by atoms with Gasteiger partial charge in [-0.25, -0.2) is 0 Å². The van der Waals surface area contributed by atoms with Crippen LogP contribution in [-0.2, 0) is 0 Å².